The zero-order chi connectivity index (χ0) is 41.1. The van der Waals surface area contributed by atoms with Crippen LogP contribution in [-0.2, 0) is 20.2 Å². The summed E-state index contributed by atoms with van der Waals surface area (Å²) in [7, 11) is -8.51. The number of allylic oxidation sites excluding steroid dienone is 2. The van der Waals surface area contributed by atoms with Gasteiger partial charge in [-0.15, -0.1) is 0 Å². The van der Waals surface area contributed by atoms with E-state index >= 15 is 0 Å². The van der Waals surface area contributed by atoms with Crippen molar-refractivity contribution in [2.75, 3.05) is 21.3 Å². The number of carbonyl (C=O) groups excluding carboxylic acids is 2. The van der Waals surface area contributed by atoms with Crippen LogP contribution in [0.15, 0.2) is 168 Å². The molecule has 0 saturated carbocycles. The van der Waals surface area contributed by atoms with Gasteiger partial charge in [-0.25, -0.2) is 9.59 Å². The van der Waals surface area contributed by atoms with Crippen LogP contribution in [0.1, 0.15) is 25.0 Å². The van der Waals surface area contributed by atoms with Crippen LogP contribution >= 0.6 is 0 Å². The first kappa shape index (κ1) is 40.5. The molecule has 4 amide bonds. The Morgan fingerprint density at radius 3 is 1.14 bits per heavy atom. The van der Waals surface area contributed by atoms with E-state index in [1.165, 1.54) is 48.5 Å². The number of amides is 4. The molecule has 12 nitrogen and oxygen atoms in total. The van der Waals surface area contributed by atoms with E-state index in [1.54, 1.807) is 72.8 Å². The maximum atomic E-state index is 13.1. The van der Waals surface area contributed by atoms with Gasteiger partial charge in [0.25, 0.3) is 0 Å². The third-order valence-corrected chi connectivity index (χ3v) is 10.8. The normalized spacial score (nSPS) is 11.6. The molecule has 294 valence electrons. The summed E-state index contributed by atoms with van der Waals surface area (Å²) in [5.74, 6) is -0.0146. The first-order valence-corrected chi connectivity index (χ1v) is 20.6. The minimum Gasteiger partial charge on any atom is -0.379 e. The Morgan fingerprint density at radius 1 is 0.448 bits per heavy atom. The number of hydrogen-bond acceptors (Lipinski definition) is 8. The van der Waals surface area contributed by atoms with Crippen LogP contribution in [0.2, 0.25) is 0 Å². The Balaban J connectivity index is 1.04. The van der Waals surface area contributed by atoms with Crippen molar-refractivity contribution in [2.45, 2.75) is 23.6 Å². The largest absolute Gasteiger partial charge is 0.379 e. The van der Waals surface area contributed by atoms with E-state index in [9.17, 15) is 26.4 Å². The molecule has 0 aliphatic rings. The van der Waals surface area contributed by atoms with Gasteiger partial charge in [0.2, 0.25) is 0 Å². The standard InChI is InChI=1S/C44H38N4O8S2/c1-3-7-31-13-21-35(22-14-31)45-43(49)47-37-9-5-11-39(29-37)55-57(51,52)41-25-17-33(18-26-41)34-19-27-42(28-20-34)58(53,54)56-40-12-6-10-38(30-40)48-44(50)46-36-23-15-32(8-4-2)16-24-36/h3-30H,1-2H3,(H2,45,47,49)(H2,46,48,50). The molecule has 0 spiro atoms. The SMILES string of the molecule is CC=Cc1ccc(NC(=O)Nc2cccc(OS(=O)(=O)c3ccc(-c4ccc(S(=O)(=O)Oc5cccc(NC(=O)Nc6ccc(C=CC)cc6)c5)cc4)cc3)c2)cc1. The van der Waals surface area contributed by atoms with Crippen LogP contribution in [0.4, 0.5) is 32.3 Å². The predicted molar refractivity (Wildman–Crippen MR) is 228 cm³/mol. The molecule has 0 heterocycles. The van der Waals surface area contributed by atoms with E-state index < -0.39 is 32.3 Å². The second-order valence-corrected chi connectivity index (χ2v) is 15.7. The van der Waals surface area contributed by atoms with Gasteiger partial charge in [0.1, 0.15) is 21.3 Å². The number of nitrogens with one attached hydrogen (secondary N) is 4. The van der Waals surface area contributed by atoms with Crippen LogP contribution in [0.25, 0.3) is 23.3 Å². The Hall–Kier alpha value is -7.16. The molecular weight excluding hydrogens is 777 g/mol. The van der Waals surface area contributed by atoms with Gasteiger partial charge >= 0.3 is 32.3 Å². The van der Waals surface area contributed by atoms with Gasteiger partial charge < -0.3 is 29.6 Å². The molecule has 0 bridgehead atoms. The summed E-state index contributed by atoms with van der Waals surface area (Å²) < 4.78 is 63.3. The second kappa shape index (κ2) is 18.2. The Morgan fingerprint density at radius 2 is 0.793 bits per heavy atom. The van der Waals surface area contributed by atoms with Crippen LogP contribution in [-0.4, -0.2) is 28.9 Å². The summed E-state index contributed by atoms with van der Waals surface area (Å²) in [4.78, 5) is 24.9. The molecule has 4 N–H and O–H groups in total. The molecule has 0 unspecified atom stereocenters. The van der Waals surface area contributed by atoms with E-state index in [2.05, 4.69) is 21.3 Å². The fraction of sp³-hybridized carbons (Fsp3) is 0.0455. The van der Waals surface area contributed by atoms with Crippen molar-refractivity contribution < 1.29 is 34.8 Å². The lowest BCUT2D eigenvalue weighted by atomic mass is 10.1. The zero-order valence-corrected chi connectivity index (χ0v) is 32.9. The van der Waals surface area contributed by atoms with Gasteiger partial charge in [-0.1, -0.05) is 85.0 Å². The molecule has 6 aromatic carbocycles. The van der Waals surface area contributed by atoms with E-state index in [4.69, 9.17) is 8.37 Å². The molecule has 0 aromatic heterocycles. The van der Waals surface area contributed by atoms with Crippen molar-refractivity contribution in [3.05, 3.63) is 169 Å². The molecule has 0 radical (unpaired) electrons. The minimum absolute atomic E-state index is 0.00732. The lowest BCUT2D eigenvalue weighted by molar-refractivity contribution is 0.261. The van der Waals surface area contributed by atoms with Crippen molar-refractivity contribution in [3.8, 4) is 22.6 Å². The number of carbonyl (C=O) groups is 2. The number of benzene rings is 6. The maximum Gasteiger partial charge on any atom is 0.339 e. The average Bonchev–Trinajstić information content (AvgIpc) is 3.19. The summed E-state index contributed by atoms with van der Waals surface area (Å²) >= 11 is 0. The quantitative estimate of drug-likeness (QED) is 0.0835. The molecule has 0 aliphatic heterocycles. The van der Waals surface area contributed by atoms with Crippen LogP contribution in [0, 0.1) is 0 Å². The summed E-state index contributed by atoms with van der Waals surface area (Å²) in [6, 6.07) is 37.2. The average molecular weight is 815 g/mol. The van der Waals surface area contributed by atoms with Gasteiger partial charge in [-0.3, -0.25) is 0 Å². The summed E-state index contributed by atoms with van der Waals surface area (Å²) in [5.41, 5.74) is 5.00. The van der Waals surface area contributed by atoms with Crippen LogP contribution in [0.5, 0.6) is 11.5 Å². The van der Waals surface area contributed by atoms with Crippen molar-refractivity contribution in [3.63, 3.8) is 0 Å². The molecule has 6 aromatic rings. The third kappa shape index (κ3) is 11.0. The molecule has 14 heteroatoms. The smallest absolute Gasteiger partial charge is 0.339 e. The minimum atomic E-state index is -4.26. The van der Waals surface area contributed by atoms with Crippen LogP contribution in [0.3, 0.4) is 0 Å². The van der Waals surface area contributed by atoms with Gasteiger partial charge in [-0.2, -0.15) is 16.8 Å². The summed E-state index contributed by atoms with van der Waals surface area (Å²) in [6.07, 6.45) is 7.70. The van der Waals surface area contributed by atoms with Gasteiger partial charge in [0, 0.05) is 34.9 Å². The van der Waals surface area contributed by atoms with Crippen LogP contribution < -0.4 is 29.6 Å². The molecule has 0 aliphatic carbocycles. The summed E-state index contributed by atoms with van der Waals surface area (Å²) in [6.45, 7) is 3.83. The fourth-order valence-electron chi connectivity index (χ4n) is 5.56. The summed E-state index contributed by atoms with van der Waals surface area (Å²) in [5, 5.41) is 10.8. The molecule has 6 rings (SSSR count). The van der Waals surface area contributed by atoms with E-state index in [1.807, 2.05) is 62.4 Å². The van der Waals surface area contributed by atoms with Crippen molar-refractivity contribution in [1.29, 1.82) is 0 Å². The Bertz CT molecular complexity index is 2490. The number of rotatable bonds is 13. The molecule has 0 fully saturated rings. The topological polar surface area (TPSA) is 169 Å². The van der Waals surface area contributed by atoms with Crippen molar-refractivity contribution in [1.82, 2.24) is 0 Å². The first-order valence-electron chi connectivity index (χ1n) is 17.8. The zero-order valence-electron chi connectivity index (χ0n) is 31.2. The highest BCUT2D eigenvalue weighted by molar-refractivity contribution is 7.87. The second-order valence-electron chi connectivity index (χ2n) is 12.6. The number of urea groups is 2. The molecule has 58 heavy (non-hydrogen) atoms. The van der Waals surface area contributed by atoms with E-state index in [0.29, 0.717) is 33.9 Å². The Kier molecular flexibility index (Phi) is 12.7. The van der Waals surface area contributed by atoms with Gasteiger partial charge in [0.15, 0.2) is 0 Å². The first-order chi connectivity index (χ1) is 27.9. The lowest BCUT2D eigenvalue weighted by Crippen LogP contribution is -2.19. The third-order valence-electron chi connectivity index (χ3n) is 8.27. The van der Waals surface area contributed by atoms with E-state index in [-0.39, 0.29) is 21.3 Å². The Labute approximate surface area is 337 Å². The van der Waals surface area contributed by atoms with Crippen molar-refractivity contribution >= 4 is 67.2 Å². The maximum absolute atomic E-state index is 13.1. The molecule has 0 saturated heterocycles. The highest BCUT2D eigenvalue weighted by Gasteiger charge is 2.20. The number of hydrogen-bond donors (Lipinski definition) is 4. The van der Waals surface area contributed by atoms with Gasteiger partial charge in [-0.05, 0) is 109 Å². The molecule has 0 atom stereocenters. The highest BCUT2D eigenvalue weighted by atomic mass is 32.2. The molecular formula is C44H38N4O8S2. The number of anilines is 4. The fourth-order valence-corrected chi connectivity index (χ4v) is 7.40. The predicted octanol–water partition coefficient (Wildman–Crippen LogP) is 10.2. The van der Waals surface area contributed by atoms with Crippen molar-refractivity contribution in [2.24, 2.45) is 0 Å². The van der Waals surface area contributed by atoms with E-state index in [0.717, 1.165) is 11.1 Å². The lowest BCUT2D eigenvalue weighted by Gasteiger charge is -2.11. The highest BCUT2D eigenvalue weighted by Crippen LogP contribution is 2.28. The monoisotopic (exact) mass is 814 g/mol. The van der Waals surface area contributed by atoms with Gasteiger partial charge in [0.05, 0.1) is 0 Å².